The normalized spacial score (nSPS) is 19.1. The number of amides is 1. The van der Waals surface area contributed by atoms with Gasteiger partial charge in [0.2, 0.25) is 5.91 Å². The molecule has 0 radical (unpaired) electrons. The van der Waals surface area contributed by atoms with E-state index in [9.17, 15) is 9.18 Å². The molecule has 0 bridgehead atoms. The molecule has 1 fully saturated rings. The Kier molecular flexibility index (Phi) is 7.53. The van der Waals surface area contributed by atoms with Gasteiger partial charge in [-0.25, -0.2) is 9.37 Å². The van der Waals surface area contributed by atoms with E-state index in [4.69, 9.17) is 0 Å². The lowest BCUT2D eigenvalue weighted by molar-refractivity contribution is -0.129. The van der Waals surface area contributed by atoms with E-state index >= 15 is 0 Å². The molecule has 0 saturated carbocycles. The fraction of sp³-hybridized carbons (Fsp3) is 0.524. The molecule has 2 N–H and O–H groups in total. The maximum Gasteiger partial charge on any atom is 0.228 e. The Morgan fingerprint density at radius 2 is 2.18 bits per heavy atom. The molecule has 7 heteroatoms. The third kappa shape index (κ3) is 6.09. The number of nitrogens with zero attached hydrogens (tertiary/aromatic N) is 2. The van der Waals surface area contributed by atoms with E-state index in [-0.39, 0.29) is 17.8 Å². The van der Waals surface area contributed by atoms with Gasteiger partial charge in [0.1, 0.15) is 5.82 Å². The summed E-state index contributed by atoms with van der Waals surface area (Å²) in [6.07, 6.45) is 5.65. The zero-order valence-electron chi connectivity index (χ0n) is 16.6. The van der Waals surface area contributed by atoms with Crippen LogP contribution >= 0.6 is 11.3 Å². The summed E-state index contributed by atoms with van der Waals surface area (Å²) in [6, 6.07) is 7.36. The molecule has 152 valence electrons. The molecule has 2 atom stereocenters. The van der Waals surface area contributed by atoms with Gasteiger partial charge in [0, 0.05) is 31.1 Å². The number of thiazole rings is 1. The maximum atomic E-state index is 13.4. The first-order valence-electron chi connectivity index (χ1n) is 9.93. The van der Waals surface area contributed by atoms with E-state index in [1.807, 2.05) is 30.3 Å². The van der Waals surface area contributed by atoms with Crippen LogP contribution in [0.5, 0.6) is 0 Å². The van der Waals surface area contributed by atoms with Gasteiger partial charge in [-0.15, -0.1) is 11.3 Å². The summed E-state index contributed by atoms with van der Waals surface area (Å²) in [6.45, 7) is 2.74. The van der Waals surface area contributed by atoms with Crippen LogP contribution in [0.4, 0.5) is 4.39 Å². The predicted molar refractivity (Wildman–Crippen MR) is 110 cm³/mol. The van der Waals surface area contributed by atoms with Crippen molar-refractivity contribution in [3.63, 3.8) is 0 Å². The second-order valence-corrected chi connectivity index (χ2v) is 8.59. The SMILES string of the molecule is Cc1nc(CC(=O)N(C)CCCCCC2CC(c3cccc(F)c3)NN2)cs1. The number of hydrazine groups is 1. The standard InChI is InChI=1S/C21H29FN4OS/c1-15-23-19(14-28-15)13-21(27)26(2)10-5-3-4-9-18-12-20(25-24-18)16-7-6-8-17(22)11-16/h6-8,11,14,18,20,24-25H,3-5,9-10,12-13H2,1-2H3. The predicted octanol–water partition coefficient (Wildman–Crippen LogP) is 3.76. The largest absolute Gasteiger partial charge is 0.345 e. The van der Waals surface area contributed by atoms with Crippen molar-refractivity contribution in [1.29, 1.82) is 0 Å². The molecule has 2 unspecified atom stereocenters. The molecule has 5 nitrogen and oxygen atoms in total. The number of carbonyl (C=O) groups excluding carboxylic acids is 1. The van der Waals surface area contributed by atoms with Crippen LogP contribution in [0.25, 0.3) is 0 Å². The fourth-order valence-corrected chi connectivity index (χ4v) is 4.19. The van der Waals surface area contributed by atoms with Crippen LogP contribution in [0, 0.1) is 12.7 Å². The fourth-order valence-electron chi connectivity index (χ4n) is 3.57. The summed E-state index contributed by atoms with van der Waals surface area (Å²) in [5.74, 6) is -0.0591. The van der Waals surface area contributed by atoms with Crippen molar-refractivity contribution in [2.45, 2.75) is 57.5 Å². The van der Waals surface area contributed by atoms with Crippen LogP contribution in [-0.2, 0) is 11.2 Å². The maximum absolute atomic E-state index is 13.4. The van der Waals surface area contributed by atoms with Crippen LogP contribution in [-0.4, -0.2) is 35.4 Å². The lowest BCUT2D eigenvalue weighted by Gasteiger charge is -2.17. The highest BCUT2D eigenvalue weighted by atomic mass is 32.1. The first-order chi connectivity index (χ1) is 13.5. The van der Waals surface area contributed by atoms with E-state index in [1.165, 1.54) is 6.07 Å². The number of unbranched alkanes of at least 4 members (excludes halogenated alkanes) is 2. The number of carbonyl (C=O) groups is 1. The molecule has 3 rings (SSSR count). The van der Waals surface area contributed by atoms with Crippen LogP contribution in [0.3, 0.4) is 0 Å². The number of hydrogen-bond donors (Lipinski definition) is 2. The Balaban J connectivity index is 1.29. The molecule has 1 aromatic carbocycles. The minimum Gasteiger partial charge on any atom is -0.345 e. The van der Waals surface area contributed by atoms with Crippen molar-refractivity contribution in [1.82, 2.24) is 20.7 Å². The topological polar surface area (TPSA) is 57.3 Å². The molecule has 1 amide bonds. The molecule has 1 saturated heterocycles. The first kappa shape index (κ1) is 20.9. The number of rotatable bonds is 9. The molecule has 0 aliphatic carbocycles. The zero-order chi connectivity index (χ0) is 19.9. The Morgan fingerprint density at radius 3 is 2.93 bits per heavy atom. The number of likely N-dealkylation sites (N-methyl/N-ethyl adjacent to an activating group) is 1. The van der Waals surface area contributed by atoms with Crippen LogP contribution in [0.15, 0.2) is 29.6 Å². The number of halogens is 1. The van der Waals surface area contributed by atoms with Gasteiger partial charge >= 0.3 is 0 Å². The average Bonchev–Trinajstić information content (AvgIpc) is 3.30. The van der Waals surface area contributed by atoms with E-state index in [1.54, 1.807) is 23.5 Å². The molecule has 2 aromatic rings. The number of aromatic nitrogens is 1. The third-order valence-electron chi connectivity index (χ3n) is 5.20. The summed E-state index contributed by atoms with van der Waals surface area (Å²) in [4.78, 5) is 18.4. The minimum absolute atomic E-state index is 0.130. The molecule has 1 aromatic heterocycles. The summed E-state index contributed by atoms with van der Waals surface area (Å²) < 4.78 is 13.4. The Bertz CT molecular complexity index is 781. The number of aryl methyl sites for hydroxylation is 1. The minimum atomic E-state index is -0.189. The summed E-state index contributed by atoms with van der Waals surface area (Å²) in [5, 5.41) is 2.96. The van der Waals surface area contributed by atoms with Crippen LogP contribution < -0.4 is 10.9 Å². The lowest BCUT2D eigenvalue weighted by atomic mass is 9.99. The number of hydrogen-bond acceptors (Lipinski definition) is 5. The van der Waals surface area contributed by atoms with Gasteiger partial charge in [-0.1, -0.05) is 25.0 Å². The molecule has 2 heterocycles. The molecule has 1 aliphatic heterocycles. The van der Waals surface area contributed by atoms with E-state index in [0.717, 1.165) is 54.9 Å². The highest BCUT2D eigenvalue weighted by Gasteiger charge is 2.24. The van der Waals surface area contributed by atoms with Gasteiger partial charge in [-0.2, -0.15) is 0 Å². The summed E-state index contributed by atoms with van der Waals surface area (Å²) in [7, 11) is 1.87. The average molecular weight is 405 g/mol. The van der Waals surface area contributed by atoms with Gasteiger partial charge in [-0.3, -0.25) is 15.6 Å². The van der Waals surface area contributed by atoms with Crippen LogP contribution in [0.2, 0.25) is 0 Å². The van der Waals surface area contributed by atoms with Crippen molar-refractivity contribution >= 4 is 17.2 Å². The zero-order valence-corrected chi connectivity index (χ0v) is 17.4. The second kappa shape index (κ2) is 10.1. The monoisotopic (exact) mass is 404 g/mol. The highest BCUT2D eigenvalue weighted by molar-refractivity contribution is 7.09. The second-order valence-electron chi connectivity index (χ2n) is 7.53. The highest BCUT2D eigenvalue weighted by Crippen LogP contribution is 2.25. The molecular weight excluding hydrogens is 375 g/mol. The van der Waals surface area contributed by atoms with Gasteiger partial charge < -0.3 is 4.90 Å². The van der Waals surface area contributed by atoms with Crippen molar-refractivity contribution in [2.75, 3.05) is 13.6 Å². The van der Waals surface area contributed by atoms with E-state index in [0.29, 0.717) is 12.5 Å². The van der Waals surface area contributed by atoms with Crippen molar-refractivity contribution in [3.8, 4) is 0 Å². The van der Waals surface area contributed by atoms with E-state index < -0.39 is 0 Å². The molecule has 0 spiro atoms. The summed E-state index contributed by atoms with van der Waals surface area (Å²) >= 11 is 1.58. The lowest BCUT2D eigenvalue weighted by Crippen LogP contribution is -2.31. The molecule has 28 heavy (non-hydrogen) atoms. The van der Waals surface area contributed by atoms with E-state index in [2.05, 4.69) is 15.8 Å². The van der Waals surface area contributed by atoms with Crippen molar-refractivity contribution in [3.05, 3.63) is 51.7 Å². The Morgan fingerprint density at radius 1 is 1.32 bits per heavy atom. The van der Waals surface area contributed by atoms with Gasteiger partial charge in [-0.05, 0) is 43.9 Å². The quantitative estimate of drug-likeness (QED) is 0.625. The number of nitrogens with one attached hydrogen (secondary N) is 2. The molecular formula is C21H29FN4OS. The van der Waals surface area contributed by atoms with Gasteiger partial charge in [0.05, 0.1) is 17.1 Å². The third-order valence-corrected chi connectivity index (χ3v) is 6.03. The Labute approximate surface area is 170 Å². The molecule has 1 aliphatic rings. The van der Waals surface area contributed by atoms with Crippen molar-refractivity contribution in [2.24, 2.45) is 0 Å². The smallest absolute Gasteiger partial charge is 0.228 e. The van der Waals surface area contributed by atoms with Gasteiger partial charge in [0.25, 0.3) is 0 Å². The first-order valence-corrected chi connectivity index (χ1v) is 10.8. The Hall–Kier alpha value is -1.83. The van der Waals surface area contributed by atoms with Crippen LogP contribution in [0.1, 0.15) is 54.4 Å². The number of benzene rings is 1. The van der Waals surface area contributed by atoms with Crippen molar-refractivity contribution < 1.29 is 9.18 Å². The summed E-state index contributed by atoms with van der Waals surface area (Å²) in [5.41, 5.74) is 8.46. The van der Waals surface area contributed by atoms with Gasteiger partial charge in [0.15, 0.2) is 0 Å².